The standard InChI is InChI=1S/C6H10ClN3O3S/c1-9-6(5(7)4-8-9)14(11,12)10(2)13-3/h4H,1-3H3. The third-order valence-corrected chi connectivity index (χ3v) is 3.87. The summed E-state index contributed by atoms with van der Waals surface area (Å²) >= 11 is 5.69. The molecule has 0 aliphatic carbocycles. The average molecular weight is 240 g/mol. The second kappa shape index (κ2) is 3.85. The van der Waals surface area contributed by atoms with E-state index in [1.54, 1.807) is 0 Å². The lowest BCUT2D eigenvalue weighted by atomic mass is 10.7. The Hall–Kier alpha value is -0.630. The molecule has 0 radical (unpaired) electrons. The normalized spacial score (nSPS) is 12.4. The predicted octanol–water partition coefficient (Wildman–Crippen LogP) is 0.255. The van der Waals surface area contributed by atoms with Crippen molar-refractivity contribution in [2.24, 2.45) is 7.05 Å². The van der Waals surface area contributed by atoms with Gasteiger partial charge in [0, 0.05) is 14.1 Å². The largest absolute Gasteiger partial charge is 0.288 e. The van der Waals surface area contributed by atoms with Crippen molar-refractivity contribution in [1.82, 2.24) is 14.2 Å². The van der Waals surface area contributed by atoms with E-state index in [1.165, 1.54) is 32.1 Å². The van der Waals surface area contributed by atoms with Crippen molar-refractivity contribution >= 4 is 21.6 Å². The highest BCUT2D eigenvalue weighted by molar-refractivity contribution is 7.89. The number of hydrogen-bond donors (Lipinski definition) is 0. The molecule has 0 spiro atoms. The minimum Gasteiger partial charge on any atom is -0.288 e. The zero-order valence-electron chi connectivity index (χ0n) is 7.93. The van der Waals surface area contributed by atoms with Gasteiger partial charge >= 0.3 is 0 Å². The summed E-state index contributed by atoms with van der Waals surface area (Å²) in [4.78, 5) is 4.59. The summed E-state index contributed by atoms with van der Waals surface area (Å²) in [5.41, 5.74) is 0. The maximum Gasteiger partial charge on any atom is 0.283 e. The zero-order valence-corrected chi connectivity index (χ0v) is 9.50. The summed E-state index contributed by atoms with van der Waals surface area (Å²) in [5, 5.41) is 3.69. The maximum atomic E-state index is 11.7. The van der Waals surface area contributed by atoms with Gasteiger partial charge in [0.15, 0.2) is 5.03 Å². The van der Waals surface area contributed by atoms with E-state index in [4.69, 9.17) is 11.6 Å². The monoisotopic (exact) mass is 239 g/mol. The lowest BCUT2D eigenvalue weighted by molar-refractivity contribution is -0.0262. The maximum absolute atomic E-state index is 11.7. The molecule has 0 aliphatic rings. The third kappa shape index (κ3) is 1.76. The van der Waals surface area contributed by atoms with E-state index in [0.29, 0.717) is 0 Å². The van der Waals surface area contributed by atoms with Gasteiger partial charge in [-0.05, 0) is 0 Å². The minimum absolute atomic E-state index is 0.0661. The minimum atomic E-state index is -3.73. The van der Waals surface area contributed by atoms with Crippen molar-refractivity contribution < 1.29 is 13.3 Å². The van der Waals surface area contributed by atoms with Crippen LogP contribution in [0.25, 0.3) is 0 Å². The van der Waals surface area contributed by atoms with Gasteiger partial charge in [0.2, 0.25) is 0 Å². The first-order chi connectivity index (χ1) is 6.41. The first-order valence-corrected chi connectivity index (χ1v) is 5.43. The quantitative estimate of drug-likeness (QED) is 0.710. The molecule has 0 aliphatic heterocycles. The molecule has 6 nitrogen and oxygen atoms in total. The van der Waals surface area contributed by atoms with Crippen molar-refractivity contribution in [2.45, 2.75) is 5.03 Å². The molecule has 1 aromatic rings. The van der Waals surface area contributed by atoms with Crippen molar-refractivity contribution in [1.29, 1.82) is 0 Å². The highest BCUT2D eigenvalue weighted by Gasteiger charge is 2.27. The molecular formula is C6H10ClN3O3S. The van der Waals surface area contributed by atoms with Gasteiger partial charge in [0.25, 0.3) is 10.0 Å². The number of hydroxylamine groups is 1. The first-order valence-electron chi connectivity index (χ1n) is 3.61. The van der Waals surface area contributed by atoms with Crippen LogP contribution in [0.1, 0.15) is 0 Å². The van der Waals surface area contributed by atoms with Gasteiger partial charge in [-0.2, -0.15) is 5.10 Å². The van der Waals surface area contributed by atoms with E-state index in [9.17, 15) is 8.42 Å². The van der Waals surface area contributed by atoms with Crippen LogP contribution in [0.5, 0.6) is 0 Å². The highest BCUT2D eigenvalue weighted by atomic mass is 35.5. The Morgan fingerprint density at radius 3 is 2.57 bits per heavy atom. The second-order valence-corrected chi connectivity index (χ2v) is 4.78. The number of nitrogens with zero attached hydrogens (tertiary/aromatic N) is 3. The van der Waals surface area contributed by atoms with Crippen molar-refractivity contribution in [3.8, 4) is 0 Å². The molecule has 0 saturated carbocycles. The van der Waals surface area contributed by atoms with Gasteiger partial charge in [0.05, 0.1) is 18.3 Å². The van der Waals surface area contributed by atoms with Crippen LogP contribution in [0.4, 0.5) is 0 Å². The van der Waals surface area contributed by atoms with Gasteiger partial charge in [0.1, 0.15) is 0 Å². The van der Waals surface area contributed by atoms with Crippen LogP contribution in [0, 0.1) is 0 Å². The summed E-state index contributed by atoms with van der Waals surface area (Å²) in [6.07, 6.45) is 1.26. The SMILES string of the molecule is CON(C)S(=O)(=O)c1c(Cl)cnn1C. The molecule has 0 aromatic carbocycles. The molecule has 14 heavy (non-hydrogen) atoms. The third-order valence-electron chi connectivity index (χ3n) is 1.68. The zero-order chi connectivity index (χ0) is 10.9. The van der Waals surface area contributed by atoms with Gasteiger partial charge in [-0.25, -0.2) is 8.42 Å². The molecule has 0 N–H and O–H groups in total. The Labute approximate surface area is 87.0 Å². The molecule has 0 bridgehead atoms. The fraction of sp³-hybridized carbons (Fsp3) is 0.500. The molecule has 1 aromatic heterocycles. The van der Waals surface area contributed by atoms with Gasteiger partial charge in [-0.3, -0.25) is 9.52 Å². The number of sulfonamides is 1. The van der Waals surface area contributed by atoms with Crippen LogP contribution in [0.2, 0.25) is 5.02 Å². The number of halogens is 1. The highest BCUT2D eigenvalue weighted by Crippen LogP contribution is 2.22. The van der Waals surface area contributed by atoms with Gasteiger partial charge in [-0.15, -0.1) is 0 Å². The molecule has 0 saturated heterocycles. The topological polar surface area (TPSA) is 64.4 Å². The number of aryl methyl sites for hydroxylation is 1. The summed E-state index contributed by atoms with van der Waals surface area (Å²) < 4.78 is 25.3. The van der Waals surface area contributed by atoms with Crippen LogP contribution in [-0.4, -0.2) is 36.8 Å². The van der Waals surface area contributed by atoms with E-state index < -0.39 is 10.0 Å². The molecular weight excluding hydrogens is 230 g/mol. The summed E-state index contributed by atoms with van der Waals surface area (Å²) in [5.74, 6) is 0. The molecule has 80 valence electrons. The van der Waals surface area contributed by atoms with E-state index in [0.717, 1.165) is 4.47 Å². The number of rotatable bonds is 3. The molecule has 0 unspecified atom stereocenters. The lowest BCUT2D eigenvalue weighted by Gasteiger charge is -2.13. The fourth-order valence-electron chi connectivity index (χ4n) is 0.910. The smallest absolute Gasteiger partial charge is 0.283 e. The Morgan fingerprint density at radius 2 is 2.21 bits per heavy atom. The Kier molecular flexibility index (Phi) is 3.15. The molecule has 0 amide bonds. The lowest BCUT2D eigenvalue weighted by Crippen LogP contribution is -2.27. The van der Waals surface area contributed by atoms with E-state index >= 15 is 0 Å². The van der Waals surface area contributed by atoms with Crippen LogP contribution >= 0.6 is 11.6 Å². The molecule has 1 heterocycles. The number of hydrogen-bond acceptors (Lipinski definition) is 4. The number of aromatic nitrogens is 2. The van der Waals surface area contributed by atoms with Crippen molar-refractivity contribution in [2.75, 3.05) is 14.2 Å². The average Bonchev–Trinajstić information content (AvgIpc) is 2.44. The molecule has 0 atom stereocenters. The van der Waals surface area contributed by atoms with Crippen molar-refractivity contribution in [3.63, 3.8) is 0 Å². The molecule has 8 heteroatoms. The van der Waals surface area contributed by atoms with Crippen LogP contribution < -0.4 is 0 Å². The van der Waals surface area contributed by atoms with Gasteiger partial charge < -0.3 is 0 Å². The van der Waals surface area contributed by atoms with E-state index in [1.807, 2.05) is 0 Å². The van der Waals surface area contributed by atoms with Crippen molar-refractivity contribution in [3.05, 3.63) is 11.2 Å². The molecule has 1 rings (SSSR count). The summed E-state index contributed by atoms with van der Waals surface area (Å²) in [6, 6.07) is 0. The Morgan fingerprint density at radius 1 is 1.64 bits per heavy atom. The summed E-state index contributed by atoms with van der Waals surface area (Å²) in [7, 11) is 0.289. The van der Waals surface area contributed by atoms with Gasteiger partial charge in [-0.1, -0.05) is 16.1 Å². The van der Waals surface area contributed by atoms with Crippen LogP contribution in [0.15, 0.2) is 11.2 Å². The van der Waals surface area contributed by atoms with E-state index in [2.05, 4.69) is 9.94 Å². The Bertz CT molecular complexity index is 408. The second-order valence-electron chi connectivity index (χ2n) is 2.52. The van der Waals surface area contributed by atoms with E-state index in [-0.39, 0.29) is 10.0 Å². The first kappa shape index (κ1) is 11.4. The van der Waals surface area contributed by atoms with Crippen LogP contribution in [-0.2, 0) is 21.9 Å². The fourth-order valence-corrected chi connectivity index (χ4v) is 2.49. The van der Waals surface area contributed by atoms with Crippen LogP contribution in [0.3, 0.4) is 0 Å². The summed E-state index contributed by atoms with van der Waals surface area (Å²) in [6.45, 7) is 0. The predicted molar refractivity (Wildman–Crippen MR) is 50.2 cm³/mol. The molecule has 0 fully saturated rings. The Balaban J connectivity index is 3.30.